The highest BCUT2D eigenvalue weighted by atomic mass is 16.5. The summed E-state index contributed by atoms with van der Waals surface area (Å²) in [6.45, 7) is 1.48. The average Bonchev–Trinajstić information content (AvgIpc) is 3.27. The van der Waals surface area contributed by atoms with E-state index in [0.29, 0.717) is 11.8 Å². The molecule has 3 atom stereocenters. The summed E-state index contributed by atoms with van der Waals surface area (Å²) in [5.74, 6) is 0.682. The Labute approximate surface area is 119 Å². The van der Waals surface area contributed by atoms with Crippen LogP contribution in [0.2, 0.25) is 0 Å². The van der Waals surface area contributed by atoms with Gasteiger partial charge in [-0.1, -0.05) is 60.7 Å². The first-order valence-corrected chi connectivity index (χ1v) is 7.03. The van der Waals surface area contributed by atoms with Crippen LogP contribution in [0.1, 0.15) is 36.5 Å². The third-order valence-electron chi connectivity index (χ3n) is 3.88. The monoisotopic (exact) mass is 266 g/mol. The number of carbonyl (C=O) groups excluding carboxylic acids is 1. The average molecular weight is 266 g/mol. The van der Waals surface area contributed by atoms with Crippen LogP contribution in [0, 0.1) is 5.92 Å². The second-order valence-corrected chi connectivity index (χ2v) is 5.36. The van der Waals surface area contributed by atoms with Crippen molar-refractivity contribution < 1.29 is 9.53 Å². The van der Waals surface area contributed by atoms with Crippen molar-refractivity contribution >= 4 is 5.97 Å². The highest BCUT2D eigenvalue weighted by Crippen LogP contribution is 2.55. The summed E-state index contributed by atoms with van der Waals surface area (Å²) < 4.78 is 5.57. The van der Waals surface area contributed by atoms with Gasteiger partial charge in [-0.3, -0.25) is 4.79 Å². The number of carbonyl (C=O) groups is 1. The van der Waals surface area contributed by atoms with Crippen molar-refractivity contribution in [3.63, 3.8) is 0 Å². The van der Waals surface area contributed by atoms with Gasteiger partial charge in [-0.2, -0.15) is 0 Å². The molecule has 0 spiro atoms. The Bertz CT molecular complexity index is 577. The minimum absolute atomic E-state index is 0.126. The summed E-state index contributed by atoms with van der Waals surface area (Å²) in [7, 11) is 0. The van der Waals surface area contributed by atoms with E-state index in [1.807, 2.05) is 36.4 Å². The van der Waals surface area contributed by atoms with Gasteiger partial charge in [0.1, 0.15) is 6.10 Å². The predicted molar refractivity (Wildman–Crippen MR) is 78.2 cm³/mol. The van der Waals surface area contributed by atoms with E-state index >= 15 is 0 Å². The molecule has 0 aliphatic heterocycles. The normalized spacial score (nSPS) is 22.1. The zero-order chi connectivity index (χ0) is 13.9. The van der Waals surface area contributed by atoms with E-state index in [1.165, 1.54) is 12.5 Å². The lowest BCUT2D eigenvalue weighted by atomic mass is 10.0. The molecular weight excluding hydrogens is 248 g/mol. The maximum absolute atomic E-state index is 11.4. The Balaban J connectivity index is 1.80. The van der Waals surface area contributed by atoms with Crippen LogP contribution in [0.5, 0.6) is 0 Å². The number of hydrogen-bond donors (Lipinski definition) is 0. The smallest absolute Gasteiger partial charge is 0.303 e. The second kappa shape index (κ2) is 5.49. The molecule has 1 saturated carbocycles. The number of benzene rings is 2. The molecule has 0 bridgehead atoms. The first-order valence-electron chi connectivity index (χ1n) is 7.03. The molecule has 0 heterocycles. The topological polar surface area (TPSA) is 26.3 Å². The Morgan fingerprint density at radius 3 is 2.25 bits per heavy atom. The van der Waals surface area contributed by atoms with Crippen LogP contribution in [-0.2, 0) is 9.53 Å². The lowest BCUT2D eigenvalue weighted by molar-refractivity contribution is -0.147. The molecule has 3 unspecified atom stereocenters. The molecule has 0 radical (unpaired) electrons. The molecule has 0 N–H and O–H groups in total. The second-order valence-electron chi connectivity index (χ2n) is 5.36. The molecule has 1 fully saturated rings. The molecule has 0 saturated heterocycles. The van der Waals surface area contributed by atoms with Crippen LogP contribution in [0.15, 0.2) is 60.7 Å². The van der Waals surface area contributed by atoms with Crippen molar-refractivity contribution in [3.8, 4) is 0 Å². The van der Waals surface area contributed by atoms with Crippen LogP contribution in [0.4, 0.5) is 0 Å². The maximum atomic E-state index is 11.4. The summed E-state index contributed by atoms with van der Waals surface area (Å²) in [5.41, 5.74) is 2.43. The molecule has 2 aromatic rings. The molecule has 1 aliphatic carbocycles. The fraction of sp³-hybridized carbons (Fsp3) is 0.278. The van der Waals surface area contributed by atoms with Crippen molar-refractivity contribution in [1.29, 1.82) is 0 Å². The fourth-order valence-corrected chi connectivity index (χ4v) is 2.86. The number of hydrogen-bond acceptors (Lipinski definition) is 2. The van der Waals surface area contributed by atoms with Crippen LogP contribution in [0.25, 0.3) is 0 Å². The summed E-state index contributed by atoms with van der Waals surface area (Å²) in [6.07, 6.45) is 0.954. The van der Waals surface area contributed by atoms with E-state index in [4.69, 9.17) is 4.74 Å². The molecule has 2 heteroatoms. The third-order valence-corrected chi connectivity index (χ3v) is 3.88. The molecule has 0 aromatic heterocycles. The van der Waals surface area contributed by atoms with Gasteiger partial charge < -0.3 is 4.74 Å². The van der Waals surface area contributed by atoms with Gasteiger partial charge >= 0.3 is 5.97 Å². The molecular formula is C18H18O2. The van der Waals surface area contributed by atoms with E-state index < -0.39 is 0 Å². The van der Waals surface area contributed by atoms with Crippen molar-refractivity contribution in [3.05, 3.63) is 71.8 Å². The SMILES string of the molecule is CC(=O)OC(c1ccccc1)C1CC1c1ccccc1. The molecule has 2 aromatic carbocycles. The third kappa shape index (κ3) is 2.74. The maximum Gasteiger partial charge on any atom is 0.303 e. The highest BCUT2D eigenvalue weighted by Gasteiger charge is 2.46. The van der Waals surface area contributed by atoms with E-state index in [9.17, 15) is 4.79 Å². The summed E-state index contributed by atoms with van der Waals surface area (Å²) in [6, 6.07) is 20.5. The van der Waals surface area contributed by atoms with Crippen molar-refractivity contribution in [2.24, 2.45) is 5.92 Å². The van der Waals surface area contributed by atoms with Crippen molar-refractivity contribution in [2.45, 2.75) is 25.4 Å². The first kappa shape index (κ1) is 12.9. The van der Waals surface area contributed by atoms with Crippen LogP contribution >= 0.6 is 0 Å². The van der Waals surface area contributed by atoms with E-state index in [-0.39, 0.29) is 12.1 Å². The summed E-state index contributed by atoms with van der Waals surface area (Å²) in [5, 5.41) is 0. The molecule has 3 rings (SSSR count). The largest absolute Gasteiger partial charge is 0.457 e. The molecule has 1 aliphatic rings. The molecule has 20 heavy (non-hydrogen) atoms. The van der Waals surface area contributed by atoms with Gasteiger partial charge in [0.05, 0.1) is 0 Å². The van der Waals surface area contributed by atoms with Crippen LogP contribution in [-0.4, -0.2) is 5.97 Å². The van der Waals surface area contributed by atoms with Gasteiger partial charge in [0.2, 0.25) is 0 Å². The van der Waals surface area contributed by atoms with Gasteiger partial charge in [0, 0.05) is 12.8 Å². The van der Waals surface area contributed by atoms with E-state index in [0.717, 1.165) is 12.0 Å². The molecule has 102 valence electrons. The quantitative estimate of drug-likeness (QED) is 0.779. The van der Waals surface area contributed by atoms with E-state index in [2.05, 4.69) is 24.3 Å². The lowest BCUT2D eigenvalue weighted by Gasteiger charge is -2.17. The number of rotatable bonds is 4. The number of esters is 1. The van der Waals surface area contributed by atoms with Crippen molar-refractivity contribution in [2.75, 3.05) is 0 Å². The first-order chi connectivity index (χ1) is 9.75. The Morgan fingerprint density at radius 2 is 1.65 bits per heavy atom. The molecule has 2 nitrogen and oxygen atoms in total. The Kier molecular flexibility index (Phi) is 3.55. The zero-order valence-corrected chi connectivity index (χ0v) is 11.5. The van der Waals surface area contributed by atoms with Gasteiger partial charge in [0.25, 0.3) is 0 Å². The number of ether oxygens (including phenoxy) is 1. The minimum Gasteiger partial charge on any atom is -0.457 e. The summed E-state index contributed by atoms with van der Waals surface area (Å²) >= 11 is 0. The van der Waals surface area contributed by atoms with Gasteiger partial charge in [-0.05, 0) is 23.5 Å². The fourth-order valence-electron chi connectivity index (χ4n) is 2.86. The standard InChI is InChI=1S/C18H18O2/c1-13(19)20-18(15-10-6-3-7-11-15)17-12-16(17)14-8-4-2-5-9-14/h2-11,16-18H,12H2,1H3. The zero-order valence-electron chi connectivity index (χ0n) is 11.5. The lowest BCUT2D eigenvalue weighted by Crippen LogP contribution is -2.11. The van der Waals surface area contributed by atoms with Gasteiger partial charge in [0.15, 0.2) is 0 Å². The highest BCUT2D eigenvalue weighted by molar-refractivity contribution is 5.66. The van der Waals surface area contributed by atoms with E-state index in [1.54, 1.807) is 0 Å². The Hall–Kier alpha value is -2.09. The van der Waals surface area contributed by atoms with Gasteiger partial charge in [-0.25, -0.2) is 0 Å². The van der Waals surface area contributed by atoms with Crippen molar-refractivity contribution in [1.82, 2.24) is 0 Å². The van der Waals surface area contributed by atoms with Gasteiger partial charge in [-0.15, -0.1) is 0 Å². The molecule has 0 amide bonds. The summed E-state index contributed by atoms with van der Waals surface area (Å²) in [4.78, 5) is 11.4. The Morgan fingerprint density at radius 1 is 1.05 bits per heavy atom. The van der Waals surface area contributed by atoms with Crippen LogP contribution in [0.3, 0.4) is 0 Å². The minimum atomic E-state index is -0.211. The van der Waals surface area contributed by atoms with Crippen LogP contribution < -0.4 is 0 Å². The predicted octanol–water partition coefficient (Wildman–Crippen LogP) is 4.09.